The molecular formula is C10H8Cl2N2O3S. The van der Waals surface area contributed by atoms with Gasteiger partial charge in [0.15, 0.2) is 15.6 Å². The molecule has 0 saturated heterocycles. The first kappa shape index (κ1) is 13.3. The largest absolute Gasteiger partial charge is 0.291 e. The summed E-state index contributed by atoms with van der Waals surface area (Å²) in [5, 5.41) is 4.61. The van der Waals surface area contributed by atoms with Gasteiger partial charge in [-0.25, -0.2) is 12.9 Å². The predicted octanol–water partition coefficient (Wildman–Crippen LogP) is 1.87. The van der Waals surface area contributed by atoms with Gasteiger partial charge in [-0.05, 0) is 18.2 Å². The van der Waals surface area contributed by atoms with Gasteiger partial charge >= 0.3 is 0 Å². The van der Waals surface area contributed by atoms with Crippen LogP contribution in [0.2, 0.25) is 10.2 Å². The third-order valence-electron chi connectivity index (χ3n) is 2.16. The van der Waals surface area contributed by atoms with Crippen LogP contribution in [0.25, 0.3) is 5.52 Å². The second kappa shape index (κ2) is 4.53. The highest BCUT2D eigenvalue weighted by atomic mass is 35.5. The Morgan fingerprint density at radius 3 is 2.61 bits per heavy atom. The molecule has 2 aromatic heterocycles. The third-order valence-corrected chi connectivity index (χ3v) is 3.43. The number of carbonyl (C=O) groups is 1. The molecule has 2 rings (SSSR count). The number of nitrogens with zero attached hydrogens (tertiary/aromatic N) is 2. The molecule has 0 aliphatic carbocycles. The number of halogens is 2. The first-order chi connectivity index (χ1) is 8.26. The fourth-order valence-electron chi connectivity index (χ4n) is 1.48. The van der Waals surface area contributed by atoms with Crippen LogP contribution in [0, 0.1) is 0 Å². The summed E-state index contributed by atoms with van der Waals surface area (Å²) in [5.74, 6) is -1.16. The number of aromatic nitrogens is 2. The Morgan fingerprint density at radius 2 is 2.00 bits per heavy atom. The lowest BCUT2D eigenvalue weighted by atomic mass is 10.3. The minimum absolute atomic E-state index is 0.0459. The number of ketones is 1. The molecule has 0 bridgehead atoms. The molecule has 0 unspecified atom stereocenters. The number of hydrogen-bond donors (Lipinski definition) is 0. The maximum absolute atomic E-state index is 11.7. The summed E-state index contributed by atoms with van der Waals surface area (Å²) in [6.45, 7) is 0. The van der Waals surface area contributed by atoms with E-state index in [1.807, 2.05) is 0 Å². The van der Waals surface area contributed by atoms with E-state index in [1.165, 1.54) is 16.6 Å². The number of hydrogen-bond acceptors (Lipinski definition) is 4. The smallest absolute Gasteiger partial charge is 0.198 e. The first-order valence-electron chi connectivity index (χ1n) is 4.82. The molecule has 2 aromatic rings. The van der Waals surface area contributed by atoms with Crippen molar-refractivity contribution in [2.24, 2.45) is 0 Å². The lowest BCUT2D eigenvalue weighted by Gasteiger charge is -1.96. The van der Waals surface area contributed by atoms with Gasteiger partial charge in [0.2, 0.25) is 0 Å². The van der Waals surface area contributed by atoms with Crippen LogP contribution in [0.4, 0.5) is 0 Å². The summed E-state index contributed by atoms with van der Waals surface area (Å²) in [7, 11) is -3.39. The summed E-state index contributed by atoms with van der Waals surface area (Å²) in [6, 6.07) is 4.51. The van der Waals surface area contributed by atoms with Crippen LogP contribution in [0.1, 0.15) is 10.5 Å². The monoisotopic (exact) mass is 306 g/mol. The van der Waals surface area contributed by atoms with E-state index in [4.69, 9.17) is 23.2 Å². The fourth-order valence-corrected chi connectivity index (χ4v) is 2.62. The van der Waals surface area contributed by atoms with Gasteiger partial charge in [0, 0.05) is 11.3 Å². The standard InChI is InChI=1S/C10H8Cl2N2O3S/c1-18(16,17)5-9(15)8-4-7-2-6(11)3-10(12)14(7)13-8/h2-4H,5H2,1H3. The van der Waals surface area contributed by atoms with Crippen molar-refractivity contribution in [3.05, 3.63) is 34.1 Å². The second-order valence-electron chi connectivity index (χ2n) is 3.86. The molecule has 8 heteroatoms. The van der Waals surface area contributed by atoms with Crippen LogP contribution in [-0.2, 0) is 9.84 Å². The van der Waals surface area contributed by atoms with E-state index in [0.717, 1.165) is 6.26 Å². The average molecular weight is 307 g/mol. The predicted molar refractivity (Wildman–Crippen MR) is 69.3 cm³/mol. The lowest BCUT2D eigenvalue weighted by Crippen LogP contribution is -2.15. The lowest BCUT2D eigenvalue weighted by molar-refractivity contribution is 0.101. The van der Waals surface area contributed by atoms with E-state index in [1.54, 1.807) is 6.07 Å². The molecule has 0 saturated carbocycles. The topological polar surface area (TPSA) is 68.5 Å². The Hall–Kier alpha value is -1.11. The molecule has 0 spiro atoms. The van der Waals surface area contributed by atoms with E-state index in [-0.39, 0.29) is 10.8 Å². The number of carbonyl (C=O) groups excluding carboxylic acids is 1. The van der Waals surface area contributed by atoms with E-state index in [2.05, 4.69) is 5.10 Å². The fraction of sp³-hybridized carbons (Fsp3) is 0.200. The first-order valence-corrected chi connectivity index (χ1v) is 7.64. The molecule has 0 fully saturated rings. The minimum Gasteiger partial charge on any atom is -0.291 e. The summed E-state index contributed by atoms with van der Waals surface area (Å²) in [6.07, 6.45) is 0.991. The molecule has 5 nitrogen and oxygen atoms in total. The Kier molecular flexibility index (Phi) is 3.35. The van der Waals surface area contributed by atoms with Gasteiger partial charge in [0.25, 0.3) is 0 Å². The van der Waals surface area contributed by atoms with Gasteiger partial charge in [-0.3, -0.25) is 4.79 Å². The van der Waals surface area contributed by atoms with Crippen molar-refractivity contribution in [3.63, 3.8) is 0 Å². The summed E-state index contributed by atoms with van der Waals surface area (Å²) >= 11 is 11.7. The Balaban J connectivity index is 2.48. The Morgan fingerprint density at radius 1 is 1.33 bits per heavy atom. The molecule has 0 amide bonds. The van der Waals surface area contributed by atoms with Gasteiger partial charge in [0.05, 0.1) is 5.52 Å². The maximum Gasteiger partial charge on any atom is 0.198 e. The van der Waals surface area contributed by atoms with Crippen LogP contribution in [0.15, 0.2) is 18.2 Å². The molecule has 0 aromatic carbocycles. The molecule has 0 radical (unpaired) electrons. The highest BCUT2D eigenvalue weighted by Crippen LogP contribution is 2.20. The SMILES string of the molecule is CS(=O)(=O)CC(=O)c1cc2cc(Cl)cc(Cl)n2n1. The summed E-state index contributed by atoms with van der Waals surface area (Å²) < 4.78 is 23.4. The second-order valence-corrected chi connectivity index (χ2v) is 6.82. The molecule has 0 atom stereocenters. The minimum atomic E-state index is -3.39. The van der Waals surface area contributed by atoms with E-state index < -0.39 is 21.4 Å². The van der Waals surface area contributed by atoms with Crippen molar-refractivity contribution in [2.45, 2.75) is 0 Å². The normalized spacial score (nSPS) is 11.9. The van der Waals surface area contributed by atoms with Crippen LogP contribution >= 0.6 is 23.2 Å². The zero-order valence-corrected chi connectivity index (χ0v) is 11.6. The van der Waals surface area contributed by atoms with Gasteiger partial charge in [-0.15, -0.1) is 0 Å². The van der Waals surface area contributed by atoms with Crippen LogP contribution in [0.5, 0.6) is 0 Å². The van der Waals surface area contributed by atoms with Crippen molar-refractivity contribution in [1.82, 2.24) is 9.61 Å². The molecular weight excluding hydrogens is 299 g/mol. The zero-order chi connectivity index (χ0) is 13.5. The Labute approximate surface area is 113 Å². The zero-order valence-electron chi connectivity index (χ0n) is 9.22. The van der Waals surface area contributed by atoms with E-state index >= 15 is 0 Å². The molecule has 0 N–H and O–H groups in total. The molecule has 18 heavy (non-hydrogen) atoms. The molecule has 2 heterocycles. The van der Waals surface area contributed by atoms with Crippen molar-refractivity contribution in [2.75, 3.05) is 12.0 Å². The quantitative estimate of drug-likeness (QED) is 0.641. The van der Waals surface area contributed by atoms with Crippen molar-refractivity contribution in [1.29, 1.82) is 0 Å². The van der Waals surface area contributed by atoms with Crippen molar-refractivity contribution < 1.29 is 13.2 Å². The van der Waals surface area contributed by atoms with Crippen LogP contribution < -0.4 is 0 Å². The van der Waals surface area contributed by atoms with Gasteiger partial charge < -0.3 is 0 Å². The summed E-state index contributed by atoms with van der Waals surface area (Å²) in [4.78, 5) is 11.7. The van der Waals surface area contributed by atoms with Crippen LogP contribution in [0.3, 0.4) is 0 Å². The van der Waals surface area contributed by atoms with E-state index in [0.29, 0.717) is 10.5 Å². The number of Topliss-reactive ketones (excluding diaryl/α,β-unsaturated/α-hetero) is 1. The highest BCUT2D eigenvalue weighted by molar-refractivity contribution is 7.91. The molecule has 0 aliphatic rings. The average Bonchev–Trinajstić information content (AvgIpc) is 2.58. The maximum atomic E-state index is 11.7. The van der Waals surface area contributed by atoms with Gasteiger partial charge in [0.1, 0.15) is 16.6 Å². The Bertz CT molecular complexity index is 737. The van der Waals surface area contributed by atoms with Gasteiger partial charge in [-0.1, -0.05) is 23.2 Å². The number of pyridine rings is 1. The van der Waals surface area contributed by atoms with Crippen molar-refractivity contribution >= 4 is 44.3 Å². The van der Waals surface area contributed by atoms with Crippen LogP contribution in [-0.4, -0.2) is 35.8 Å². The van der Waals surface area contributed by atoms with E-state index in [9.17, 15) is 13.2 Å². The molecule has 96 valence electrons. The molecule has 0 aliphatic heterocycles. The van der Waals surface area contributed by atoms with Crippen molar-refractivity contribution in [3.8, 4) is 0 Å². The number of rotatable bonds is 3. The number of fused-ring (bicyclic) bond motifs is 1. The highest BCUT2D eigenvalue weighted by Gasteiger charge is 2.17. The van der Waals surface area contributed by atoms with Gasteiger partial charge in [-0.2, -0.15) is 5.10 Å². The number of sulfone groups is 1. The third kappa shape index (κ3) is 2.82. The summed E-state index contributed by atoms with van der Waals surface area (Å²) in [5.41, 5.74) is 0.578.